The number of nitrogens with one attached hydrogen (secondary N) is 3. The highest BCUT2D eigenvalue weighted by atomic mass is 16.2. The summed E-state index contributed by atoms with van der Waals surface area (Å²) in [5.74, 6) is -0.173. The van der Waals surface area contributed by atoms with Crippen molar-refractivity contribution in [3.05, 3.63) is 89.0 Å². The van der Waals surface area contributed by atoms with E-state index in [9.17, 15) is 9.59 Å². The minimum atomic E-state index is -0.321. The summed E-state index contributed by atoms with van der Waals surface area (Å²) in [5, 5.41) is 8.93. The molecule has 0 spiro atoms. The highest BCUT2D eigenvalue weighted by Crippen LogP contribution is 2.30. The van der Waals surface area contributed by atoms with Crippen LogP contribution in [0.4, 0.5) is 21.9 Å². The lowest BCUT2D eigenvalue weighted by Gasteiger charge is -2.22. The van der Waals surface area contributed by atoms with Gasteiger partial charge in [-0.05, 0) is 61.6 Å². The molecule has 0 radical (unpaired) electrons. The van der Waals surface area contributed by atoms with E-state index in [1.165, 1.54) is 5.56 Å². The van der Waals surface area contributed by atoms with Crippen LogP contribution in [0, 0.1) is 6.92 Å². The molecule has 0 unspecified atom stereocenters. The first-order valence-electron chi connectivity index (χ1n) is 11.9. The van der Waals surface area contributed by atoms with Crippen molar-refractivity contribution < 1.29 is 9.59 Å². The van der Waals surface area contributed by atoms with Crippen molar-refractivity contribution in [3.8, 4) is 0 Å². The fraction of sp³-hybridized carbons (Fsp3) is 0.286. The smallest absolute Gasteiger partial charge is 0.323 e. The first kappa shape index (κ1) is 23.4. The molecule has 176 valence electrons. The largest absolute Gasteiger partial charge is 0.370 e. The van der Waals surface area contributed by atoms with E-state index < -0.39 is 0 Å². The van der Waals surface area contributed by atoms with Gasteiger partial charge in [-0.25, -0.2) is 4.79 Å². The Morgan fingerprint density at radius 1 is 0.882 bits per heavy atom. The predicted molar refractivity (Wildman–Crippen MR) is 139 cm³/mol. The number of amides is 3. The molecule has 0 saturated carbocycles. The van der Waals surface area contributed by atoms with E-state index in [1.54, 1.807) is 6.07 Å². The van der Waals surface area contributed by atoms with E-state index in [2.05, 4.69) is 27.8 Å². The number of para-hydroxylation sites is 1. The highest BCUT2D eigenvalue weighted by Gasteiger charge is 2.19. The Bertz CT molecular complexity index is 1150. The molecule has 1 saturated heterocycles. The van der Waals surface area contributed by atoms with Crippen LogP contribution in [0.2, 0.25) is 0 Å². The molecule has 3 N–H and O–H groups in total. The molecule has 1 fully saturated rings. The van der Waals surface area contributed by atoms with Crippen LogP contribution in [0.5, 0.6) is 0 Å². The average molecular weight is 457 g/mol. The average Bonchev–Trinajstić information content (AvgIpc) is 3.38. The Labute approximate surface area is 201 Å². The molecule has 1 aliphatic heterocycles. The fourth-order valence-electron chi connectivity index (χ4n) is 4.23. The zero-order chi connectivity index (χ0) is 23.9. The number of urea groups is 1. The SMILES string of the molecule is CCc1ccccc1NC(=O)Nc1cc(C(=O)NCc2ccc(C)cc2)ccc1N1CCCC1. The van der Waals surface area contributed by atoms with Crippen molar-refractivity contribution in [2.45, 2.75) is 39.7 Å². The second-order valence-electron chi connectivity index (χ2n) is 8.68. The lowest BCUT2D eigenvalue weighted by atomic mass is 10.1. The van der Waals surface area contributed by atoms with Crippen molar-refractivity contribution in [1.29, 1.82) is 0 Å². The van der Waals surface area contributed by atoms with Crippen LogP contribution in [0.15, 0.2) is 66.7 Å². The van der Waals surface area contributed by atoms with Crippen LogP contribution in [-0.4, -0.2) is 25.0 Å². The third kappa shape index (κ3) is 5.76. The van der Waals surface area contributed by atoms with E-state index in [-0.39, 0.29) is 11.9 Å². The molecule has 0 aliphatic carbocycles. The number of benzene rings is 3. The van der Waals surface area contributed by atoms with Gasteiger partial charge in [0.05, 0.1) is 11.4 Å². The number of carbonyl (C=O) groups is 2. The van der Waals surface area contributed by atoms with Crippen LogP contribution >= 0.6 is 0 Å². The fourth-order valence-corrected chi connectivity index (χ4v) is 4.23. The Balaban J connectivity index is 1.51. The van der Waals surface area contributed by atoms with Crippen molar-refractivity contribution in [2.75, 3.05) is 28.6 Å². The van der Waals surface area contributed by atoms with Crippen LogP contribution in [0.1, 0.15) is 46.8 Å². The van der Waals surface area contributed by atoms with E-state index in [0.29, 0.717) is 17.8 Å². The molecular formula is C28H32N4O2. The summed E-state index contributed by atoms with van der Waals surface area (Å²) in [4.78, 5) is 28.0. The summed E-state index contributed by atoms with van der Waals surface area (Å²) < 4.78 is 0. The van der Waals surface area contributed by atoms with Gasteiger partial charge in [-0.3, -0.25) is 4.79 Å². The normalized spacial score (nSPS) is 12.9. The summed E-state index contributed by atoms with van der Waals surface area (Å²) in [6.45, 7) is 6.42. The lowest BCUT2D eigenvalue weighted by molar-refractivity contribution is 0.0951. The molecule has 1 aliphatic rings. The maximum absolute atomic E-state index is 12.9. The number of hydrogen-bond acceptors (Lipinski definition) is 3. The predicted octanol–water partition coefficient (Wildman–Crippen LogP) is 5.73. The van der Waals surface area contributed by atoms with E-state index >= 15 is 0 Å². The van der Waals surface area contributed by atoms with Crippen LogP contribution < -0.4 is 20.9 Å². The maximum Gasteiger partial charge on any atom is 0.323 e. The van der Waals surface area contributed by atoms with Gasteiger partial charge in [0.1, 0.15) is 0 Å². The molecular weight excluding hydrogens is 424 g/mol. The number of hydrogen-bond donors (Lipinski definition) is 3. The van der Waals surface area contributed by atoms with Crippen molar-refractivity contribution in [2.24, 2.45) is 0 Å². The summed E-state index contributed by atoms with van der Waals surface area (Å²) in [5.41, 5.74) is 6.17. The summed E-state index contributed by atoms with van der Waals surface area (Å²) >= 11 is 0. The Morgan fingerprint density at radius 2 is 1.59 bits per heavy atom. The quantitative estimate of drug-likeness (QED) is 0.425. The summed E-state index contributed by atoms with van der Waals surface area (Å²) in [6, 6.07) is 21.1. The topological polar surface area (TPSA) is 73.5 Å². The monoisotopic (exact) mass is 456 g/mol. The maximum atomic E-state index is 12.9. The Kier molecular flexibility index (Phi) is 7.48. The minimum absolute atomic E-state index is 0.173. The Hall–Kier alpha value is -3.80. The van der Waals surface area contributed by atoms with E-state index in [1.807, 2.05) is 67.6 Å². The number of aryl methyl sites for hydroxylation is 2. The van der Waals surface area contributed by atoms with Gasteiger partial charge in [-0.1, -0.05) is 55.0 Å². The Morgan fingerprint density at radius 3 is 2.32 bits per heavy atom. The molecule has 3 aromatic rings. The molecule has 4 rings (SSSR count). The van der Waals surface area contributed by atoms with Crippen molar-refractivity contribution in [1.82, 2.24) is 5.32 Å². The molecule has 6 nitrogen and oxygen atoms in total. The zero-order valence-corrected chi connectivity index (χ0v) is 19.9. The number of carbonyl (C=O) groups excluding carboxylic acids is 2. The molecule has 6 heteroatoms. The van der Waals surface area contributed by atoms with Gasteiger partial charge >= 0.3 is 6.03 Å². The van der Waals surface area contributed by atoms with Crippen molar-refractivity contribution in [3.63, 3.8) is 0 Å². The number of anilines is 3. The van der Waals surface area contributed by atoms with Crippen LogP contribution in [0.25, 0.3) is 0 Å². The molecule has 1 heterocycles. The molecule has 0 aromatic heterocycles. The zero-order valence-electron chi connectivity index (χ0n) is 19.9. The second kappa shape index (κ2) is 10.9. The summed E-state index contributed by atoms with van der Waals surface area (Å²) in [6.07, 6.45) is 3.06. The van der Waals surface area contributed by atoms with Gasteiger partial charge < -0.3 is 20.9 Å². The van der Waals surface area contributed by atoms with Gasteiger partial charge in [-0.2, -0.15) is 0 Å². The van der Waals surface area contributed by atoms with Gasteiger partial charge in [0.25, 0.3) is 5.91 Å². The van der Waals surface area contributed by atoms with E-state index in [0.717, 1.165) is 54.9 Å². The van der Waals surface area contributed by atoms with Gasteiger partial charge in [-0.15, -0.1) is 0 Å². The highest BCUT2D eigenvalue weighted by molar-refractivity contribution is 6.04. The van der Waals surface area contributed by atoms with Gasteiger partial charge in [0.15, 0.2) is 0 Å². The first-order valence-corrected chi connectivity index (χ1v) is 11.9. The molecule has 0 bridgehead atoms. The van der Waals surface area contributed by atoms with Crippen LogP contribution in [0.3, 0.4) is 0 Å². The minimum Gasteiger partial charge on any atom is -0.370 e. The lowest BCUT2D eigenvalue weighted by Crippen LogP contribution is -2.26. The van der Waals surface area contributed by atoms with Gasteiger partial charge in [0, 0.05) is 30.9 Å². The molecule has 0 atom stereocenters. The molecule has 3 amide bonds. The third-order valence-corrected chi connectivity index (χ3v) is 6.17. The second-order valence-corrected chi connectivity index (χ2v) is 8.68. The van der Waals surface area contributed by atoms with E-state index in [4.69, 9.17) is 0 Å². The number of nitrogens with zero attached hydrogens (tertiary/aromatic N) is 1. The van der Waals surface area contributed by atoms with Crippen molar-refractivity contribution >= 4 is 29.0 Å². The third-order valence-electron chi connectivity index (χ3n) is 6.17. The number of rotatable bonds is 7. The van der Waals surface area contributed by atoms with Gasteiger partial charge in [0.2, 0.25) is 0 Å². The first-order chi connectivity index (χ1) is 16.5. The summed E-state index contributed by atoms with van der Waals surface area (Å²) in [7, 11) is 0. The molecule has 34 heavy (non-hydrogen) atoms. The molecule has 3 aromatic carbocycles. The van der Waals surface area contributed by atoms with Crippen LogP contribution in [-0.2, 0) is 13.0 Å². The standard InChI is InChI=1S/C28H32N4O2/c1-3-22-8-4-5-9-24(22)30-28(34)31-25-18-23(14-15-26(25)32-16-6-7-17-32)27(33)29-19-21-12-10-20(2)11-13-21/h4-5,8-15,18H,3,6-7,16-17,19H2,1-2H3,(H,29,33)(H2,30,31,34).